The number of halogens is 1. The summed E-state index contributed by atoms with van der Waals surface area (Å²) in [5.41, 5.74) is 1.11. The van der Waals surface area contributed by atoms with Crippen LogP contribution in [0.3, 0.4) is 0 Å². The quantitative estimate of drug-likeness (QED) is 0.762. The van der Waals surface area contributed by atoms with Gasteiger partial charge in [-0.1, -0.05) is 24.3 Å². The molecular weight excluding hydrogens is 344 g/mol. The Balaban J connectivity index is 2.07. The maximum atomic E-state index is 12.5. The molecule has 0 atom stereocenters. The molecule has 0 aliphatic rings. The van der Waals surface area contributed by atoms with Gasteiger partial charge in [0.1, 0.15) is 5.75 Å². The van der Waals surface area contributed by atoms with Gasteiger partial charge in [0.05, 0.1) is 29.0 Å². The van der Waals surface area contributed by atoms with Crippen molar-refractivity contribution in [2.45, 2.75) is 0 Å². The van der Waals surface area contributed by atoms with Crippen molar-refractivity contribution >= 4 is 38.3 Å². The molecule has 0 saturated heterocycles. The molecular formula is C17H13BrN2O2. The van der Waals surface area contributed by atoms with E-state index in [0.29, 0.717) is 17.0 Å². The van der Waals surface area contributed by atoms with Gasteiger partial charge in [-0.3, -0.25) is 9.78 Å². The van der Waals surface area contributed by atoms with E-state index in [1.165, 1.54) is 0 Å². The Bertz CT molecular complexity index is 835. The number of fused-ring (bicyclic) bond motifs is 1. The lowest BCUT2D eigenvalue weighted by Gasteiger charge is -2.13. The first-order valence-corrected chi connectivity index (χ1v) is 7.46. The molecule has 0 unspecified atom stereocenters. The number of anilines is 1. The molecule has 0 spiro atoms. The number of benzene rings is 2. The number of aromatic nitrogens is 1. The molecule has 1 N–H and O–H groups in total. The zero-order valence-electron chi connectivity index (χ0n) is 11.8. The molecule has 0 fully saturated rings. The highest BCUT2D eigenvalue weighted by Gasteiger charge is 2.18. The van der Waals surface area contributed by atoms with Crippen molar-refractivity contribution in [3.05, 3.63) is 64.9 Å². The maximum Gasteiger partial charge on any atom is 0.259 e. The summed E-state index contributed by atoms with van der Waals surface area (Å²) in [5.74, 6) is 0.274. The van der Waals surface area contributed by atoms with Crippen molar-refractivity contribution in [3.63, 3.8) is 0 Å². The number of amides is 1. The standard InChI is InChI=1S/C17H13BrN2O2/c1-22-16-14(17(21)20-12-6-4-8-19-10-12)9-11-5-2-3-7-13(11)15(16)18/h2-10H,1H3,(H,20,21). The highest BCUT2D eigenvalue weighted by atomic mass is 79.9. The second-order valence-electron chi connectivity index (χ2n) is 4.69. The predicted molar refractivity (Wildman–Crippen MR) is 90.4 cm³/mol. The molecule has 0 aliphatic carbocycles. The first kappa shape index (κ1) is 14.5. The molecule has 3 rings (SSSR count). The molecule has 5 heteroatoms. The van der Waals surface area contributed by atoms with Crippen LogP contribution >= 0.6 is 15.9 Å². The first-order valence-electron chi connectivity index (χ1n) is 6.67. The van der Waals surface area contributed by atoms with Gasteiger partial charge in [0.15, 0.2) is 0 Å². The number of carbonyl (C=O) groups excluding carboxylic acids is 1. The van der Waals surface area contributed by atoms with E-state index >= 15 is 0 Å². The Morgan fingerprint density at radius 1 is 1.23 bits per heavy atom. The number of nitrogens with zero attached hydrogens (tertiary/aromatic N) is 1. The lowest BCUT2D eigenvalue weighted by Crippen LogP contribution is -2.13. The van der Waals surface area contributed by atoms with Crippen LogP contribution in [-0.4, -0.2) is 18.0 Å². The Morgan fingerprint density at radius 2 is 2.05 bits per heavy atom. The third-order valence-corrected chi connectivity index (χ3v) is 4.10. The minimum atomic E-state index is -0.240. The van der Waals surface area contributed by atoms with Crippen molar-refractivity contribution in [3.8, 4) is 5.75 Å². The summed E-state index contributed by atoms with van der Waals surface area (Å²) in [6.45, 7) is 0. The number of methoxy groups -OCH3 is 1. The summed E-state index contributed by atoms with van der Waals surface area (Å²) < 4.78 is 6.19. The zero-order valence-corrected chi connectivity index (χ0v) is 13.4. The zero-order chi connectivity index (χ0) is 15.5. The van der Waals surface area contributed by atoms with E-state index in [4.69, 9.17) is 4.74 Å². The van der Waals surface area contributed by atoms with Crippen molar-refractivity contribution < 1.29 is 9.53 Å². The molecule has 1 amide bonds. The highest BCUT2D eigenvalue weighted by Crippen LogP contribution is 2.36. The Kier molecular flexibility index (Phi) is 4.06. The first-order chi connectivity index (χ1) is 10.7. The molecule has 110 valence electrons. The molecule has 0 bridgehead atoms. The summed E-state index contributed by atoms with van der Waals surface area (Å²) in [6, 6.07) is 13.2. The fourth-order valence-corrected chi connectivity index (χ4v) is 3.02. The van der Waals surface area contributed by atoms with Crippen LogP contribution in [0.15, 0.2) is 59.3 Å². The number of carbonyl (C=O) groups is 1. The van der Waals surface area contributed by atoms with E-state index in [2.05, 4.69) is 26.2 Å². The van der Waals surface area contributed by atoms with Gasteiger partial charge in [-0.2, -0.15) is 0 Å². The Labute approximate surface area is 136 Å². The van der Waals surface area contributed by atoms with Gasteiger partial charge in [0.2, 0.25) is 0 Å². The van der Waals surface area contributed by atoms with Crippen LogP contribution in [-0.2, 0) is 0 Å². The fourth-order valence-electron chi connectivity index (χ4n) is 2.29. The summed E-state index contributed by atoms with van der Waals surface area (Å²) in [6.07, 6.45) is 3.25. The van der Waals surface area contributed by atoms with Crippen LogP contribution in [0.25, 0.3) is 10.8 Å². The van der Waals surface area contributed by atoms with Gasteiger partial charge in [-0.05, 0) is 44.9 Å². The van der Waals surface area contributed by atoms with Crippen LogP contribution < -0.4 is 10.1 Å². The van der Waals surface area contributed by atoms with Crippen LogP contribution in [0.2, 0.25) is 0 Å². The molecule has 1 aromatic heterocycles. The van der Waals surface area contributed by atoms with Crippen molar-refractivity contribution in [2.24, 2.45) is 0 Å². The third kappa shape index (κ3) is 2.67. The van der Waals surface area contributed by atoms with E-state index in [1.807, 2.05) is 30.3 Å². The molecule has 4 nitrogen and oxygen atoms in total. The number of hydrogen-bond acceptors (Lipinski definition) is 3. The van der Waals surface area contributed by atoms with Gasteiger partial charge in [0, 0.05) is 6.20 Å². The van der Waals surface area contributed by atoms with Gasteiger partial charge < -0.3 is 10.1 Å². The predicted octanol–water partition coefficient (Wildman–Crippen LogP) is 4.26. The molecule has 1 heterocycles. The second kappa shape index (κ2) is 6.15. The molecule has 0 radical (unpaired) electrons. The third-order valence-electron chi connectivity index (χ3n) is 3.31. The van der Waals surface area contributed by atoms with E-state index in [9.17, 15) is 4.79 Å². The summed E-state index contributed by atoms with van der Waals surface area (Å²) >= 11 is 3.53. The Hall–Kier alpha value is -2.40. The van der Waals surface area contributed by atoms with Crippen molar-refractivity contribution in [2.75, 3.05) is 12.4 Å². The van der Waals surface area contributed by atoms with Crippen LogP contribution in [0.4, 0.5) is 5.69 Å². The van der Waals surface area contributed by atoms with Gasteiger partial charge in [-0.15, -0.1) is 0 Å². The van der Waals surface area contributed by atoms with Gasteiger partial charge in [-0.25, -0.2) is 0 Å². The molecule has 22 heavy (non-hydrogen) atoms. The lowest BCUT2D eigenvalue weighted by atomic mass is 10.1. The summed E-state index contributed by atoms with van der Waals surface area (Å²) in [5, 5.41) is 4.78. The monoisotopic (exact) mass is 356 g/mol. The average Bonchev–Trinajstić information content (AvgIpc) is 2.55. The number of pyridine rings is 1. The highest BCUT2D eigenvalue weighted by molar-refractivity contribution is 9.10. The van der Waals surface area contributed by atoms with Crippen molar-refractivity contribution in [1.29, 1.82) is 0 Å². The van der Waals surface area contributed by atoms with E-state index < -0.39 is 0 Å². The van der Waals surface area contributed by atoms with Crippen LogP contribution in [0.1, 0.15) is 10.4 Å². The molecule has 3 aromatic rings. The van der Waals surface area contributed by atoms with Crippen LogP contribution in [0.5, 0.6) is 5.75 Å². The van der Waals surface area contributed by atoms with E-state index in [1.54, 1.807) is 31.6 Å². The fraction of sp³-hybridized carbons (Fsp3) is 0.0588. The lowest BCUT2D eigenvalue weighted by molar-refractivity contribution is 0.102. The number of rotatable bonds is 3. The minimum absolute atomic E-state index is 0.240. The molecule has 2 aromatic carbocycles. The SMILES string of the molecule is COc1c(C(=O)Nc2cccnc2)cc2ccccc2c1Br. The summed E-state index contributed by atoms with van der Waals surface area (Å²) in [4.78, 5) is 16.5. The van der Waals surface area contributed by atoms with E-state index in [0.717, 1.165) is 15.2 Å². The smallest absolute Gasteiger partial charge is 0.259 e. The number of nitrogens with one attached hydrogen (secondary N) is 1. The van der Waals surface area contributed by atoms with Gasteiger partial charge in [0.25, 0.3) is 5.91 Å². The topological polar surface area (TPSA) is 51.2 Å². The van der Waals surface area contributed by atoms with Gasteiger partial charge >= 0.3 is 0 Å². The van der Waals surface area contributed by atoms with E-state index in [-0.39, 0.29) is 5.91 Å². The Morgan fingerprint density at radius 3 is 2.77 bits per heavy atom. The molecule has 0 aliphatic heterocycles. The maximum absolute atomic E-state index is 12.5. The van der Waals surface area contributed by atoms with Crippen molar-refractivity contribution in [1.82, 2.24) is 4.98 Å². The summed E-state index contributed by atoms with van der Waals surface area (Å²) in [7, 11) is 1.55. The molecule has 0 saturated carbocycles. The normalized spacial score (nSPS) is 10.5. The average molecular weight is 357 g/mol. The number of ether oxygens (including phenoxy) is 1. The van der Waals surface area contributed by atoms with Crippen LogP contribution in [0, 0.1) is 0 Å². The minimum Gasteiger partial charge on any atom is -0.495 e. The number of hydrogen-bond donors (Lipinski definition) is 1. The second-order valence-corrected chi connectivity index (χ2v) is 5.48. The largest absolute Gasteiger partial charge is 0.495 e.